The Balaban J connectivity index is 1.77. The van der Waals surface area contributed by atoms with Crippen molar-refractivity contribution >= 4 is 11.7 Å². The van der Waals surface area contributed by atoms with Crippen LogP contribution in [0.3, 0.4) is 0 Å². The molecule has 144 valence electrons. The molecule has 7 nitrogen and oxygen atoms in total. The first kappa shape index (κ1) is 19.3. The highest BCUT2D eigenvalue weighted by Gasteiger charge is 2.21. The lowest BCUT2D eigenvalue weighted by atomic mass is 10.0. The van der Waals surface area contributed by atoms with Crippen LogP contribution in [0.4, 0.5) is 5.82 Å². The summed E-state index contributed by atoms with van der Waals surface area (Å²) in [5, 5.41) is 6.13. The van der Waals surface area contributed by atoms with Gasteiger partial charge in [0.1, 0.15) is 11.6 Å². The Kier molecular flexibility index (Phi) is 6.73. The van der Waals surface area contributed by atoms with Gasteiger partial charge >= 0.3 is 0 Å². The number of nitrogens with two attached hydrogens (primary N) is 1. The lowest BCUT2D eigenvalue weighted by Crippen LogP contribution is -2.35. The predicted molar refractivity (Wildman–Crippen MR) is 106 cm³/mol. The Morgan fingerprint density at radius 1 is 1.22 bits per heavy atom. The molecule has 7 heteroatoms. The van der Waals surface area contributed by atoms with Gasteiger partial charge in [-0.2, -0.15) is 0 Å². The first-order chi connectivity index (χ1) is 13.2. The minimum absolute atomic E-state index is 0.0681. The molecule has 1 aliphatic rings. The predicted octanol–water partition coefficient (Wildman–Crippen LogP) is 1.56. The molecule has 2 aromatic rings. The molecule has 0 bridgehead atoms. The number of nitrogens with zero attached hydrogens (tertiary/aromatic N) is 3. The molecule has 0 aliphatic carbocycles. The second-order valence-electron chi connectivity index (χ2n) is 6.91. The average molecular weight is 368 g/mol. The molecule has 2 heterocycles. The Morgan fingerprint density at radius 3 is 2.78 bits per heavy atom. The lowest BCUT2D eigenvalue weighted by molar-refractivity contribution is 0.0963. The topological polar surface area (TPSA) is 96.2 Å². The molecular weight excluding hydrogens is 340 g/mol. The zero-order valence-corrected chi connectivity index (χ0v) is 15.8. The van der Waals surface area contributed by atoms with Gasteiger partial charge in [-0.05, 0) is 56.1 Å². The number of amides is 1. The average Bonchev–Trinajstić information content (AvgIpc) is 2.97. The summed E-state index contributed by atoms with van der Waals surface area (Å²) >= 11 is 0. The minimum Gasteiger partial charge on any atom is -0.384 e. The van der Waals surface area contributed by atoms with E-state index >= 15 is 0 Å². The quantitative estimate of drug-likeness (QED) is 0.716. The number of hydrogen-bond donors (Lipinski definition) is 3. The van der Waals surface area contributed by atoms with E-state index in [-0.39, 0.29) is 5.91 Å². The van der Waals surface area contributed by atoms with Crippen LogP contribution >= 0.6 is 0 Å². The summed E-state index contributed by atoms with van der Waals surface area (Å²) < 4.78 is 0. The van der Waals surface area contributed by atoms with Crippen LogP contribution in [0.2, 0.25) is 0 Å². The molecular formula is C20H28N6O. The third kappa shape index (κ3) is 5.48. The summed E-state index contributed by atoms with van der Waals surface area (Å²) in [7, 11) is 1.64. The molecule has 0 saturated carbocycles. The number of benzene rings is 1. The molecule has 4 N–H and O–H groups in total. The molecule has 0 spiro atoms. The van der Waals surface area contributed by atoms with Crippen LogP contribution in [0.5, 0.6) is 0 Å². The SMILES string of the molecule is CNC(=O)c1ccc(CN(Cc2nccc(N)n2)C2CCCNCC2)cc1. The van der Waals surface area contributed by atoms with Crippen molar-refractivity contribution in [1.82, 2.24) is 25.5 Å². The smallest absolute Gasteiger partial charge is 0.251 e. The van der Waals surface area contributed by atoms with Crippen molar-refractivity contribution in [2.45, 2.75) is 38.4 Å². The van der Waals surface area contributed by atoms with Crippen LogP contribution in [0, 0.1) is 0 Å². The van der Waals surface area contributed by atoms with Crippen molar-refractivity contribution in [1.29, 1.82) is 0 Å². The molecule has 1 atom stereocenters. The standard InChI is InChI=1S/C20H28N6O/c1-22-20(27)16-6-4-15(5-7-16)13-26(17-3-2-10-23-11-8-17)14-19-24-12-9-18(21)25-19/h4-7,9,12,17,23H,2-3,8,10-11,13-14H2,1H3,(H,22,27)(H2,21,24,25). The number of carbonyl (C=O) groups is 1. The Morgan fingerprint density at radius 2 is 2.04 bits per heavy atom. The van der Waals surface area contributed by atoms with E-state index in [9.17, 15) is 4.79 Å². The van der Waals surface area contributed by atoms with E-state index in [4.69, 9.17) is 5.73 Å². The summed E-state index contributed by atoms with van der Waals surface area (Å²) in [6.07, 6.45) is 5.11. The molecule has 27 heavy (non-hydrogen) atoms. The highest BCUT2D eigenvalue weighted by atomic mass is 16.1. The fourth-order valence-electron chi connectivity index (χ4n) is 3.49. The van der Waals surface area contributed by atoms with Crippen LogP contribution in [0.15, 0.2) is 36.5 Å². The highest BCUT2D eigenvalue weighted by Crippen LogP contribution is 2.19. The van der Waals surface area contributed by atoms with Crippen molar-refractivity contribution in [3.8, 4) is 0 Å². The summed E-state index contributed by atoms with van der Waals surface area (Å²) in [5.41, 5.74) is 7.67. The maximum atomic E-state index is 11.7. The second kappa shape index (κ2) is 9.43. The molecule has 1 amide bonds. The van der Waals surface area contributed by atoms with Crippen LogP contribution in [-0.4, -0.2) is 47.0 Å². The Hall–Kier alpha value is -2.51. The van der Waals surface area contributed by atoms with E-state index in [0.29, 0.717) is 24.0 Å². The van der Waals surface area contributed by atoms with Crippen LogP contribution in [0.1, 0.15) is 41.0 Å². The number of hydrogen-bond acceptors (Lipinski definition) is 6. The number of nitrogen functional groups attached to an aromatic ring is 1. The summed E-state index contributed by atoms with van der Waals surface area (Å²) in [6.45, 7) is 3.54. The molecule has 1 aromatic carbocycles. The normalized spacial score (nSPS) is 17.5. The Labute approximate surface area is 160 Å². The third-order valence-electron chi connectivity index (χ3n) is 4.96. The van der Waals surface area contributed by atoms with E-state index in [2.05, 4.69) is 25.5 Å². The maximum Gasteiger partial charge on any atom is 0.251 e. The Bertz CT molecular complexity index is 740. The molecule has 1 fully saturated rings. The van der Waals surface area contributed by atoms with Gasteiger partial charge in [-0.1, -0.05) is 12.1 Å². The first-order valence-electron chi connectivity index (χ1n) is 9.49. The summed E-state index contributed by atoms with van der Waals surface area (Å²) in [6, 6.07) is 9.96. The van der Waals surface area contributed by atoms with Crippen molar-refractivity contribution < 1.29 is 4.79 Å². The largest absolute Gasteiger partial charge is 0.384 e. The fraction of sp³-hybridized carbons (Fsp3) is 0.450. The van der Waals surface area contributed by atoms with Crippen molar-refractivity contribution in [3.05, 3.63) is 53.5 Å². The van der Waals surface area contributed by atoms with Crippen LogP contribution < -0.4 is 16.4 Å². The number of carbonyl (C=O) groups excluding carboxylic acids is 1. The maximum absolute atomic E-state index is 11.7. The van der Waals surface area contributed by atoms with Gasteiger partial charge in [-0.25, -0.2) is 9.97 Å². The molecule has 1 aliphatic heterocycles. The molecule has 1 aromatic heterocycles. The minimum atomic E-state index is -0.0681. The van der Waals surface area contributed by atoms with Crippen molar-refractivity contribution in [2.75, 3.05) is 25.9 Å². The monoisotopic (exact) mass is 368 g/mol. The molecule has 3 rings (SSSR count). The van der Waals surface area contributed by atoms with Gasteiger partial charge in [-0.15, -0.1) is 0 Å². The van der Waals surface area contributed by atoms with E-state index < -0.39 is 0 Å². The van der Waals surface area contributed by atoms with Gasteiger partial charge in [0.05, 0.1) is 6.54 Å². The first-order valence-corrected chi connectivity index (χ1v) is 9.49. The van der Waals surface area contributed by atoms with Gasteiger partial charge in [0.2, 0.25) is 0 Å². The van der Waals surface area contributed by atoms with Crippen molar-refractivity contribution in [2.24, 2.45) is 0 Å². The van der Waals surface area contributed by atoms with Crippen LogP contribution in [0.25, 0.3) is 0 Å². The van der Waals surface area contributed by atoms with Gasteiger partial charge in [-0.3, -0.25) is 9.69 Å². The number of nitrogens with one attached hydrogen (secondary N) is 2. The number of rotatable bonds is 6. The fourth-order valence-corrected chi connectivity index (χ4v) is 3.49. The van der Waals surface area contributed by atoms with Gasteiger partial charge < -0.3 is 16.4 Å². The molecule has 1 unspecified atom stereocenters. The third-order valence-corrected chi connectivity index (χ3v) is 4.96. The number of aromatic nitrogens is 2. The van der Waals surface area contributed by atoms with Gasteiger partial charge in [0, 0.05) is 31.4 Å². The molecule has 0 radical (unpaired) electrons. The lowest BCUT2D eigenvalue weighted by Gasteiger charge is -2.30. The molecule has 1 saturated heterocycles. The van der Waals surface area contributed by atoms with Gasteiger partial charge in [0.15, 0.2) is 0 Å². The van der Waals surface area contributed by atoms with Gasteiger partial charge in [0.25, 0.3) is 5.91 Å². The second-order valence-corrected chi connectivity index (χ2v) is 6.91. The number of anilines is 1. The highest BCUT2D eigenvalue weighted by molar-refractivity contribution is 5.93. The summed E-state index contributed by atoms with van der Waals surface area (Å²) in [5.74, 6) is 1.17. The van der Waals surface area contributed by atoms with E-state index in [1.165, 1.54) is 5.56 Å². The van der Waals surface area contributed by atoms with E-state index in [1.54, 1.807) is 19.3 Å². The van der Waals surface area contributed by atoms with E-state index in [1.807, 2.05) is 24.3 Å². The van der Waals surface area contributed by atoms with Crippen LogP contribution in [-0.2, 0) is 13.1 Å². The zero-order valence-electron chi connectivity index (χ0n) is 15.8. The van der Waals surface area contributed by atoms with Crippen molar-refractivity contribution in [3.63, 3.8) is 0 Å². The van der Waals surface area contributed by atoms with E-state index in [0.717, 1.165) is 44.7 Å². The zero-order chi connectivity index (χ0) is 19.1. The summed E-state index contributed by atoms with van der Waals surface area (Å²) in [4.78, 5) is 22.9.